The zero-order valence-corrected chi connectivity index (χ0v) is 15.4. The van der Waals surface area contributed by atoms with Gasteiger partial charge in [-0.3, -0.25) is 4.79 Å². The van der Waals surface area contributed by atoms with Gasteiger partial charge >= 0.3 is 0 Å². The molecule has 0 aromatic heterocycles. The summed E-state index contributed by atoms with van der Waals surface area (Å²) in [4.78, 5) is 12.7. The molecule has 0 aliphatic carbocycles. The van der Waals surface area contributed by atoms with E-state index in [4.69, 9.17) is 4.74 Å². The van der Waals surface area contributed by atoms with Crippen molar-refractivity contribution in [2.45, 2.75) is 12.5 Å². The molecule has 0 heterocycles. The van der Waals surface area contributed by atoms with Gasteiger partial charge in [-0.25, -0.2) is 0 Å². The second-order valence-corrected chi connectivity index (χ2v) is 6.01. The van der Waals surface area contributed by atoms with Crippen LogP contribution < -0.4 is 15.4 Å². The second kappa shape index (κ2) is 11.0. The molecule has 5 nitrogen and oxygen atoms in total. The predicted molar refractivity (Wildman–Crippen MR) is 109 cm³/mol. The van der Waals surface area contributed by atoms with Gasteiger partial charge in [0.15, 0.2) is 0 Å². The minimum Gasteiger partial charge on any atom is -0.490 e. The molecule has 1 unspecified atom stereocenters. The molecule has 2 aromatic rings. The summed E-state index contributed by atoms with van der Waals surface area (Å²) in [7, 11) is 0. The van der Waals surface area contributed by atoms with Crippen molar-refractivity contribution in [3.8, 4) is 5.75 Å². The van der Waals surface area contributed by atoms with Gasteiger partial charge in [-0.2, -0.15) is 0 Å². The summed E-state index contributed by atoms with van der Waals surface area (Å²) >= 11 is 0. The van der Waals surface area contributed by atoms with E-state index in [0.29, 0.717) is 30.8 Å². The number of amides is 1. The molecule has 27 heavy (non-hydrogen) atoms. The number of carbonyl (C=O) groups is 1. The van der Waals surface area contributed by atoms with Crippen LogP contribution >= 0.6 is 0 Å². The average molecular weight is 366 g/mol. The van der Waals surface area contributed by atoms with E-state index >= 15 is 0 Å². The summed E-state index contributed by atoms with van der Waals surface area (Å²) < 4.78 is 5.67. The van der Waals surface area contributed by atoms with Crippen LogP contribution in [0.3, 0.4) is 0 Å². The standard InChI is InChI=1S/C22H26N2O3/c1-3-9-17-10-5-7-12-20(17)24-22(26)19-11-6-8-13-21(19)27-16-18(25)15-23-14-4-2/h3-8,10-13,18,23,25H,1-2,9,14-16H2,(H,24,26). The molecule has 0 radical (unpaired) electrons. The first kappa shape index (κ1) is 20.4. The molecule has 142 valence electrons. The summed E-state index contributed by atoms with van der Waals surface area (Å²) in [6.45, 7) is 8.44. The van der Waals surface area contributed by atoms with Gasteiger partial charge in [0.1, 0.15) is 18.5 Å². The van der Waals surface area contributed by atoms with Crippen LogP contribution in [0.5, 0.6) is 5.75 Å². The summed E-state index contributed by atoms with van der Waals surface area (Å²) in [6.07, 6.45) is 3.49. The normalized spacial score (nSPS) is 11.4. The highest BCUT2D eigenvalue weighted by atomic mass is 16.5. The molecule has 0 saturated heterocycles. The maximum atomic E-state index is 12.7. The first-order valence-electron chi connectivity index (χ1n) is 8.87. The van der Waals surface area contributed by atoms with Crippen LogP contribution in [0.4, 0.5) is 5.69 Å². The third kappa shape index (κ3) is 6.40. The van der Waals surface area contributed by atoms with E-state index in [2.05, 4.69) is 23.8 Å². The molecule has 5 heteroatoms. The highest BCUT2D eigenvalue weighted by Crippen LogP contribution is 2.22. The van der Waals surface area contributed by atoms with Crippen LogP contribution in [0.25, 0.3) is 0 Å². The van der Waals surface area contributed by atoms with Crippen LogP contribution in [0.15, 0.2) is 73.8 Å². The Balaban J connectivity index is 2.05. The Morgan fingerprint density at radius 2 is 1.85 bits per heavy atom. The molecule has 0 fully saturated rings. The molecular weight excluding hydrogens is 340 g/mol. The molecular formula is C22H26N2O3. The monoisotopic (exact) mass is 366 g/mol. The molecule has 2 rings (SSSR count). The summed E-state index contributed by atoms with van der Waals surface area (Å²) in [5.74, 6) is 0.167. The quantitative estimate of drug-likeness (QED) is 0.422. The number of allylic oxidation sites excluding steroid dienone is 1. The van der Waals surface area contributed by atoms with Crippen molar-refractivity contribution < 1.29 is 14.6 Å². The lowest BCUT2D eigenvalue weighted by atomic mass is 10.1. The van der Waals surface area contributed by atoms with E-state index in [1.165, 1.54) is 0 Å². The zero-order valence-electron chi connectivity index (χ0n) is 15.4. The SMILES string of the molecule is C=CCNCC(O)COc1ccccc1C(=O)Nc1ccccc1CC=C. The molecule has 0 aliphatic heterocycles. The van der Waals surface area contributed by atoms with E-state index in [0.717, 1.165) is 11.3 Å². The fraction of sp³-hybridized carbons (Fsp3) is 0.227. The molecule has 0 bridgehead atoms. The van der Waals surface area contributed by atoms with Crippen molar-refractivity contribution in [1.29, 1.82) is 0 Å². The lowest BCUT2D eigenvalue weighted by Gasteiger charge is -2.16. The molecule has 0 aliphatic rings. The van der Waals surface area contributed by atoms with E-state index in [1.807, 2.05) is 24.3 Å². The summed E-state index contributed by atoms with van der Waals surface area (Å²) in [5.41, 5.74) is 2.14. The maximum Gasteiger partial charge on any atom is 0.259 e. The first-order chi connectivity index (χ1) is 13.2. The molecule has 1 amide bonds. The number of rotatable bonds is 11. The minimum absolute atomic E-state index is 0.0848. The number of ether oxygens (including phenoxy) is 1. The predicted octanol–water partition coefficient (Wildman–Crippen LogP) is 3.18. The van der Waals surface area contributed by atoms with Gasteiger partial charge in [0.05, 0.1) is 5.56 Å². The topological polar surface area (TPSA) is 70.6 Å². The Morgan fingerprint density at radius 1 is 1.11 bits per heavy atom. The number of carbonyl (C=O) groups excluding carboxylic acids is 1. The lowest BCUT2D eigenvalue weighted by molar-refractivity contribution is 0.0983. The van der Waals surface area contributed by atoms with Crippen LogP contribution in [0, 0.1) is 0 Å². The Hall–Kier alpha value is -2.89. The van der Waals surface area contributed by atoms with Crippen molar-refractivity contribution in [3.05, 3.63) is 85.0 Å². The van der Waals surface area contributed by atoms with Crippen molar-refractivity contribution in [1.82, 2.24) is 5.32 Å². The van der Waals surface area contributed by atoms with Gasteiger partial charge in [-0.15, -0.1) is 13.2 Å². The van der Waals surface area contributed by atoms with Crippen LogP contribution in [-0.4, -0.2) is 36.8 Å². The number of hydrogen-bond acceptors (Lipinski definition) is 4. The second-order valence-electron chi connectivity index (χ2n) is 6.01. The van der Waals surface area contributed by atoms with Gasteiger partial charge in [0.2, 0.25) is 0 Å². The Labute approximate surface area is 160 Å². The van der Waals surface area contributed by atoms with Crippen molar-refractivity contribution in [3.63, 3.8) is 0 Å². The summed E-state index contributed by atoms with van der Waals surface area (Å²) in [6, 6.07) is 14.6. The van der Waals surface area contributed by atoms with Crippen molar-refractivity contribution in [2.24, 2.45) is 0 Å². The lowest BCUT2D eigenvalue weighted by Crippen LogP contribution is -2.31. The third-order valence-electron chi connectivity index (χ3n) is 3.86. The van der Waals surface area contributed by atoms with Gasteiger partial charge in [-0.05, 0) is 30.2 Å². The minimum atomic E-state index is -0.686. The molecule has 1 atom stereocenters. The molecule has 3 N–H and O–H groups in total. The van der Waals surface area contributed by atoms with Crippen LogP contribution in [0.2, 0.25) is 0 Å². The fourth-order valence-electron chi connectivity index (χ4n) is 2.54. The molecule has 0 spiro atoms. The number of aliphatic hydroxyl groups excluding tert-OH is 1. The van der Waals surface area contributed by atoms with Gasteiger partial charge in [0, 0.05) is 18.8 Å². The number of anilines is 1. The van der Waals surface area contributed by atoms with E-state index in [-0.39, 0.29) is 12.5 Å². The first-order valence-corrected chi connectivity index (χ1v) is 8.87. The highest BCUT2D eigenvalue weighted by Gasteiger charge is 2.15. The number of nitrogens with one attached hydrogen (secondary N) is 2. The average Bonchev–Trinajstić information content (AvgIpc) is 2.68. The smallest absolute Gasteiger partial charge is 0.259 e. The molecule has 2 aromatic carbocycles. The third-order valence-corrected chi connectivity index (χ3v) is 3.86. The number of aliphatic hydroxyl groups is 1. The number of para-hydroxylation sites is 2. The Bertz CT molecular complexity index is 774. The maximum absolute atomic E-state index is 12.7. The van der Waals surface area contributed by atoms with Gasteiger partial charge in [-0.1, -0.05) is 42.5 Å². The Kier molecular flexibility index (Phi) is 8.29. The summed E-state index contributed by atoms with van der Waals surface area (Å²) in [5, 5.41) is 15.9. The van der Waals surface area contributed by atoms with Gasteiger partial charge in [0.25, 0.3) is 5.91 Å². The number of hydrogen-bond donors (Lipinski definition) is 3. The van der Waals surface area contributed by atoms with E-state index < -0.39 is 6.10 Å². The van der Waals surface area contributed by atoms with E-state index in [1.54, 1.807) is 36.4 Å². The zero-order chi connectivity index (χ0) is 19.5. The van der Waals surface area contributed by atoms with Crippen LogP contribution in [0.1, 0.15) is 15.9 Å². The van der Waals surface area contributed by atoms with Crippen molar-refractivity contribution in [2.75, 3.05) is 25.0 Å². The van der Waals surface area contributed by atoms with E-state index in [9.17, 15) is 9.90 Å². The largest absolute Gasteiger partial charge is 0.490 e. The van der Waals surface area contributed by atoms with Crippen LogP contribution in [-0.2, 0) is 6.42 Å². The highest BCUT2D eigenvalue weighted by molar-refractivity contribution is 6.06. The van der Waals surface area contributed by atoms with Gasteiger partial charge < -0.3 is 20.5 Å². The van der Waals surface area contributed by atoms with Crippen molar-refractivity contribution >= 4 is 11.6 Å². The fourth-order valence-corrected chi connectivity index (χ4v) is 2.54. The molecule has 0 saturated carbocycles. The Morgan fingerprint density at radius 3 is 2.63 bits per heavy atom. The number of benzene rings is 2.